The molecule has 230 valence electrons. The van der Waals surface area contributed by atoms with Gasteiger partial charge in [-0.2, -0.15) is 5.10 Å². The maximum atomic E-state index is 11.8. The number of rotatable bonds is 10. The minimum Gasteiger partial charge on any atom is -0.491 e. The minimum absolute atomic E-state index is 0. The molecule has 1 aliphatic rings. The van der Waals surface area contributed by atoms with Gasteiger partial charge < -0.3 is 33.9 Å². The molecular formula is C29H40N4O9. The van der Waals surface area contributed by atoms with Gasteiger partial charge in [-0.1, -0.05) is 14.4 Å². The molecule has 1 aliphatic heterocycles. The molecule has 5 rings (SSSR count). The van der Waals surface area contributed by atoms with E-state index in [1.54, 1.807) is 54.5 Å². The Morgan fingerprint density at radius 1 is 1.10 bits per heavy atom. The van der Waals surface area contributed by atoms with Crippen molar-refractivity contribution in [3.8, 4) is 5.75 Å². The zero-order chi connectivity index (χ0) is 29.8. The van der Waals surface area contributed by atoms with Crippen LogP contribution in [0.15, 0.2) is 53.8 Å². The predicted octanol–water partition coefficient (Wildman–Crippen LogP) is 3.13. The van der Waals surface area contributed by atoms with Crippen LogP contribution in [0.25, 0.3) is 11.0 Å². The second-order valence-corrected chi connectivity index (χ2v) is 8.78. The second-order valence-electron chi connectivity index (χ2n) is 8.78. The zero-order valence-corrected chi connectivity index (χ0v) is 23.6. The van der Waals surface area contributed by atoms with E-state index in [0.29, 0.717) is 53.6 Å². The summed E-state index contributed by atoms with van der Waals surface area (Å²) < 4.78 is 28.1. The number of ether oxygens (including phenoxy) is 5. The van der Waals surface area contributed by atoms with Crippen LogP contribution in [0.3, 0.4) is 0 Å². The summed E-state index contributed by atoms with van der Waals surface area (Å²) >= 11 is 0. The molecule has 1 saturated heterocycles. The number of nitrogens with zero attached hydrogens (tertiary/aromatic N) is 3. The van der Waals surface area contributed by atoms with E-state index in [0.717, 1.165) is 13.2 Å². The van der Waals surface area contributed by atoms with E-state index < -0.39 is 18.0 Å². The highest BCUT2D eigenvalue weighted by molar-refractivity contribution is 5.97. The van der Waals surface area contributed by atoms with E-state index in [4.69, 9.17) is 23.7 Å². The van der Waals surface area contributed by atoms with Crippen LogP contribution < -0.4 is 10.2 Å². The van der Waals surface area contributed by atoms with E-state index in [1.807, 2.05) is 6.92 Å². The molecule has 0 bridgehead atoms. The topological polar surface area (TPSA) is 158 Å². The Labute approximate surface area is 243 Å². The van der Waals surface area contributed by atoms with Gasteiger partial charge in [0, 0.05) is 43.9 Å². The fraction of sp³-hybridized carbons (Fsp3) is 0.448. The molecule has 1 fully saturated rings. The first-order valence-electron chi connectivity index (χ1n) is 13.2. The van der Waals surface area contributed by atoms with Crippen molar-refractivity contribution in [1.82, 2.24) is 19.2 Å². The molecule has 0 radical (unpaired) electrons. The van der Waals surface area contributed by atoms with E-state index in [1.165, 1.54) is 24.5 Å². The summed E-state index contributed by atoms with van der Waals surface area (Å²) in [6, 6.07) is 6.25. The lowest BCUT2D eigenvalue weighted by molar-refractivity contribution is 0.0519. The molecule has 13 nitrogen and oxygen atoms in total. The van der Waals surface area contributed by atoms with Gasteiger partial charge in [0.15, 0.2) is 5.43 Å². The lowest BCUT2D eigenvalue weighted by Gasteiger charge is -2.10. The van der Waals surface area contributed by atoms with Crippen LogP contribution in [0, 0.1) is 0 Å². The van der Waals surface area contributed by atoms with Crippen molar-refractivity contribution in [3.05, 3.63) is 70.4 Å². The van der Waals surface area contributed by atoms with Gasteiger partial charge in [-0.25, -0.2) is 14.1 Å². The fourth-order valence-electron chi connectivity index (χ4n) is 3.46. The van der Waals surface area contributed by atoms with Gasteiger partial charge in [0.25, 0.3) is 0 Å². The summed E-state index contributed by atoms with van der Waals surface area (Å²) in [6.45, 7) is 7.88. The Hall–Kier alpha value is -4.20. The number of aromatic amines is 1. The Balaban J connectivity index is 0.000000246. The molecule has 2 N–H and O–H groups in total. The summed E-state index contributed by atoms with van der Waals surface area (Å²) in [5, 5.41) is 16.4. The molecule has 0 amide bonds. The van der Waals surface area contributed by atoms with Gasteiger partial charge in [-0.15, -0.1) is 0 Å². The number of H-pyrrole nitrogens is 1. The summed E-state index contributed by atoms with van der Waals surface area (Å²) in [5.41, 5.74) is 1.77. The van der Waals surface area contributed by atoms with Gasteiger partial charge in [0.05, 0.1) is 49.8 Å². The maximum absolute atomic E-state index is 11.8. The summed E-state index contributed by atoms with van der Waals surface area (Å²) in [7, 11) is 1.68. The molecule has 0 aliphatic carbocycles. The quantitative estimate of drug-likeness (QED) is 0.208. The van der Waals surface area contributed by atoms with Crippen LogP contribution >= 0.6 is 0 Å². The summed E-state index contributed by atoms with van der Waals surface area (Å²) in [4.78, 5) is 34.4. The average molecular weight is 589 g/mol. The van der Waals surface area contributed by atoms with Crippen molar-refractivity contribution in [1.29, 1.82) is 0 Å². The van der Waals surface area contributed by atoms with Crippen LogP contribution in [0.1, 0.15) is 55.3 Å². The van der Waals surface area contributed by atoms with Gasteiger partial charge >= 0.3 is 11.9 Å². The lowest BCUT2D eigenvalue weighted by Crippen LogP contribution is -2.16. The number of aliphatic hydroxyl groups excluding tert-OH is 1. The van der Waals surface area contributed by atoms with Crippen LogP contribution in [0.2, 0.25) is 0 Å². The molecule has 0 spiro atoms. The third-order valence-electron chi connectivity index (χ3n) is 5.70. The number of hydrogen-bond donors (Lipinski definition) is 2. The number of aliphatic hydroxyl groups is 1. The van der Waals surface area contributed by atoms with E-state index in [9.17, 15) is 19.5 Å². The standard InChI is InChI=1S/C14H18N2O4.C10H10N2O3.C4H8O2.CH4/c1-3-10(17)9-20-11-5-6-16-13(7-11)12(8-15-16)14(18)19-4-2;1-2-15-10(14)8-6-11-12-4-3-7(13)5-9(8)12;1-5-2-4-3-6-4;/h5-8,10,17H,3-4,9H2,1-2H3;3-6,11H,2H2,1H3;4H,2-3H2,1H3;1H4. The molecular weight excluding hydrogens is 548 g/mol. The average Bonchev–Trinajstić information content (AvgIpc) is 3.53. The van der Waals surface area contributed by atoms with Crippen molar-refractivity contribution < 1.29 is 38.4 Å². The summed E-state index contributed by atoms with van der Waals surface area (Å²) in [5.74, 6) is -0.258. The number of carbonyl (C=O) groups excluding carboxylic acids is 2. The summed E-state index contributed by atoms with van der Waals surface area (Å²) in [6.07, 6.45) is 6.82. The van der Waals surface area contributed by atoms with E-state index in [2.05, 4.69) is 10.2 Å². The Morgan fingerprint density at radius 2 is 1.79 bits per heavy atom. The number of aromatic nitrogens is 4. The van der Waals surface area contributed by atoms with Gasteiger partial charge in [0.1, 0.15) is 29.6 Å². The molecule has 42 heavy (non-hydrogen) atoms. The van der Waals surface area contributed by atoms with Crippen molar-refractivity contribution in [2.24, 2.45) is 0 Å². The van der Waals surface area contributed by atoms with E-state index >= 15 is 0 Å². The van der Waals surface area contributed by atoms with Gasteiger partial charge in [-0.3, -0.25) is 9.31 Å². The number of methoxy groups -OCH3 is 1. The zero-order valence-electron chi connectivity index (χ0n) is 23.6. The molecule has 4 aromatic heterocycles. The van der Waals surface area contributed by atoms with Crippen LogP contribution in [0.4, 0.5) is 0 Å². The Kier molecular flexibility index (Phi) is 13.7. The van der Waals surface area contributed by atoms with Crippen molar-refractivity contribution in [2.75, 3.05) is 40.1 Å². The highest BCUT2D eigenvalue weighted by Gasteiger charge is 2.21. The number of fused-ring (bicyclic) bond motifs is 2. The van der Waals surface area contributed by atoms with Crippen molar-refractivity contribution >= 4 is 23.0 Å². The smallest absolute Gasteiger partial charge is 0.341 e. The lowest BCUT2D eigenvalue weighted by atomic mass is 10.2. The SMILES string of the molecule is C.CCOC(=O)c1c[nH]n2ccc(=O)cc12.CCOC(=O)c1cnn2ccc(OCC(O)CC)cc12.COCC1CO1. The number of pyridine rings is 2. The Morgan fingerprint density at radius 3 is 2.38 bits per heavy atom. The first-order chi connectivity index (χ1) is 19.8. The molecule has 2 atom stereocenters. The second kappa shape index (κ2) is 16.9. The van der Waals surface area contributed by atoms with Gasteiger partial charge in [-0.05, 0) is 26.3 Å². The fourth-order valence-corrected chi connectivity index (χ4v) is 3.46. The number of carbonyl (C=O) groups is 2. The molecule has 4 aromatic rings. The third-order valence-corrected chi connectivity index (χ3v) is 5.70. The largest absolute Gasteiger partial charge is 0.491 e. The Bertz CT molecular complexity index is 1470. The highest BCUT2D eigenvalue weighted by Crippen LogP contribution is 2.19. The van der Waals surface area contributed by atoms with Crippen LogP contribution in [-0.2, 0) is 18.9 Å². The number of hydrogen-bond acceptors (Lipinski definition) is 10. The predicted molar refractivity (Wildman–Crippen MR) is 155 cm³/mol. The minimum atomic E-state index is -0.499. The van der Waals surface area contributed by atoms with Crippen molar-refractivity contribution in [2.45, 2.75) is 46.8 Å². The molecule has 13 heteroatoms. The monoisotopic (exact) mass is 588 g/mol. The van der Waals surface area contributed by atoms with Crippen molar-refractivity contribution in [3.63, 3.8) is 0 Å². The molecule has 0 saturated carbocycles. The van der Waals surface area contributed by atoms with E-state index in [-0.39, 0.29) is 19.5 Å². The number of epoxide rings is 1. The van der Waals surface area contributed by atoms with Crippen LogP contribution in [-0.4, -0.2) is 88.6 Å². The first-order valence-corrected chi connectivity index (χ1v) is 13.2. The maximum Gasteiger partial charge on any atom is 0.341 e. The number of nitrogens with one attached hydrogen (secondary N) is 1. The number of esters is 2. The molecule has 2 unspecified atom stereocenters. The molecule has 5 heterocycles. The third kappa shape index (κ3) is 9.72. The first kappa shape index (κ1) is 34.0. The molecule has 0 aromatic carbocycles. The highest BCUT2D eigenvalue weighted by atomic mass is 16.6. The van der Waals surface area contributed by atoms with Gasteiger partial charge in [0.2, 0.25) is 0 Å². The normalized spacial score (nSPS) is 14.0. The van der Waals surface area contributed by atoms with Crippen LogP contribution in [0.5, 0.6) is 5.75 Å².